The SMILES string of the molecule is CCCCc1c(Cc2ccc(-c3ccccc3)c(C(=O)O)c2)c(=O)[nH]c2ncc(C)n12. The number of carboxylic acids is 1. The summed E-state index contributed by atoms with van der Waals surface area (Å²) in [6, 6.07) is 14.9. The van der Waals surface area contributed by atoms with E-state index < -0.39 is 5.97 Å². The molecule has 31 heavy (non-hydrogen) atoms. The summed E-state index contributed by atoms with van der Waals surface area (Å²) in [7, 11) is 0. The maximum atomic E-state index is 12.9. The van der Waals surface area contributed by atoms with Gasteiger partial charge in [0, 0.05) is 23.4 Å². The lowest BCUT2D eigenvalue weighted by molar-refractivity contribution is 0.0697. The number of hydrogen-bond donors (Lipinski definition) is 2. The van der Waals surface area contributed by atoms with Gasteiger partial charge in [0.15, 0.2) is 0 Å². The summed E-state index contributed by atoms with van der Waals surface area (Å²) < 4.78 is 2.00. The Morgan fingerprint density at radius 3 is 2.65 bits per heavy atom. The zero-order valence-corrected chi connectivity index (χ0v) is 17.7. The number of carboxylic acid groups (broad SMARTS) is 1. The number of aromatic amines is 1. The normalized spacial score (nSPS) is 11.2. The molecule has 2 aromatic carbocycles. The van der Waals surface area contributed by atoms with Gasteiger partial charge >= 0.3 is 5.97 Å². The molecule has 0 radical (unpaired) electrons. The number of carbonyl (C=O) groups is 1. The van der Waals surface area contributed by atoms with E-state index >= 15 is 0 Å². The number of unbranched alkanes of at least 4 members (excludes halogenated alkanes) is 1. The zero-order chi connectivity index (χ0) is 22.0. The fraction of sp³-hybridized carbons (Fsp3) is 0.240. The highest BCUT2D eigenvalue weighted by molar-refractivity contribution is 5.96. The Kier molecular flexibility index (Phi) is 5.71. The molecule has 0 saturated heterocycles. The largest absolute Gasteiger partial charge is 0.478 e. The van der Waals surface area contributed by atoms with Crippen molar-refractivity contribution in [2.75, 3.05) is 0 Å². The van der Waals surface area contributed by atoms with Crippen molar-refractivity contribution < 1.29 is 9.90 Å². The second-order valence-electron chi connectivity index (χ2n) is 7.77. The van der Waals surface area contributed by atoms with Crippen molar-refractivity contribution >= 4 is 11.7 Å². The Hall–Kier alpha value is -3.67. The molecule has 0 fully saturated rings. The van der Waals surface area contributed by atoms with Gasteiger partial charge in [-0.05, 0) is 42.5 Å². The van der Waals surface area contributed by atoms with Crippen LogP contribution < -0.4 is 5.56 Å². The zero-order valence-electron chi connectivity index (χ0n) is 17.7. The van der Waals surface area contributed by atoms with Gasteiger partial charge in [0.05, 0.1) is 11.8 Å². The van der Waals surface area contributed by atoms with Crippen molar-refractivity contribution in [1.29, 1.82) is 0 Å². The first-order valence-electron chi connectivity index (χ1n) is 10.5. The fourth-order valence-electron chi connectivity index (χ4n) is 4.05. The monoisotopic (exact) mass is 415 g/mol. The lowest BCUT2D eigenvalue weighted by atomic mass is 9.94. The van der Waals surface area contributed by atoms with E-state index in [1.54, 1.807) is 12.3 Å². The number of hydrogen-bond acceptors (Lipinski definition) is 3. The molecule has 0 unspecified atom stereocenters. The number of nitrogens with one attached hydrogen (secondary N) is 1. The fourth-order valence-corrected chi connectivity index (χ4v) is 4.05. The minimum atomic E-state index is -0.985. The first-order chi connectivity index (χ1) is 15.0. The van der Waals surface area contributed by atoms with Crippen molar-refractivity contribution in [3.63, 3.8) is 0 Å². The summed E-state index contributed by atoms with van der Waals surface area (Å²) in [6.07, 6.45) is 4.84. The molecule has 0 spiro atoms. The standard InChI is InChI=1S/C25H25N3O3/c1-3-4-10-22-21(23(29)27-25-26-15-16(2)28(22)25)14-17-11-12-19(20(13-17)24(30)31)18-8-6-5-7-9-18/h5-9,11-13,15H,3-4,10,14H2,1-2H3,(H,30,31)(H,26,27,29). The molecular weight excluding hydrogens is 390 g/mol. The highest BCUT2D eigenvalue weighted by atomic mass is 16.4. The number of rotatable bonds is 7. The Balaban J connectivity index is 1.81. The van der Waals surface area contributed by atoms with Crippen LogP contribution in [0, 0.1) is 6.92 Å². The topological polar surface area (TPSA) is 87.5 Å². The van der Waals surface area contributed by atoms with Gasteiger partial charge in [-0.25, -0.2) is 9.78 Å². The highest BCUT2D eigenvalue weighted by Gasteiger charge is 2.18. The van der Waals surface area contributed by atoms with Crippen LogP contribution in [-0.2, 0) is 12.8 Å². The summed E-state index contributed by atoms with van der Waals surface area (Å²) in [6.45, 7) is 4.08. The van der Waals surface area contributed by atoms with Gasteiger partial charge in [0.1, 0.15) is 0 Å². The third-order valence-corrected chi connectivity index (χ3v) is 5.60. The van der Waals surface area contributed by atoms with E-state index in [0.717, 1.165) is 41.8 Å². The average Bonchev–Trinajstić information content (AvgIpc) is 3.14. The lowest BCUT2D eigenvalue weighted by Crippen LogP contribution is -2.21. The van der Waals surface area contributed by atoms with Gasteiger partial charge in [-0.3, -0.25) is 14.2 Å². The number of aromatic nitrogens is 3. The predicted octanol–water partition coefficient (Wildman–Crippen LogP) is 4.63. The summed E-state index contributed by atoms with van der Waals surface area (Å²) >= 11 is 0. The Labute approximate surface area is 180 Å². The van der Waals surface area contributed by atoms with E-state index in [0.29, 0.717) is 23.3 Å². The number of benzene rings is 2. The number of nitrogens with zero attached hydrogens (tertiary/aromatic N) is 2. The Morgan fingerprint density at radius 1 is 1.16 bits per heavy atom. The number of aromatic carboxylic acids is 1. The van der Waals surface area contributed by atoms with Crippen LogP contribution in [0.1, 0.15) is 52.6 Å². The molecule has 0 bridgehead atoms. The van der Waals surface area contributed by atoms with Crippen LogP contribution in [0.2, 0.25) is 0 Å². The van der Waals surface area contributed by atoms with E-state index in [2.05, 4.69) is 16.9 Å². The lowest BCUT2D eigenvalue weighted by Gasteiger charge is -2.14. The average molecular weight is 415 g/mol. The molecule has 158 valence electrons. The molecule has 4 aromatic rings. The van der Waals surface area contributed by atoms with E-state index in [-0.39, 0.29) is 11.1 Å². The maximum absolute atomic E-state index is 12.9. The van der Waals surface area contributed by atoms with E-state index in [1.807, 2.05) is 53.8 Å². The molecule has 0 aliphatic rings. The molecule has 0 saturated carbocycles. The molecule has 6 nitrogen and oxygen atoms in total. The van der Waals surface area contributed by atoms with Gasteiger partial charge in [-0.15, -0.1) is 0 Å². The second kappa shape index (κ2) is 8.60. The van der Waals surface area contributed by atoms with E-state index in [4.69, 9.17) is 0 Å². The first-order valence-corrected chi connectivity index (χ1v) is 10.5. The number of fused-ring (bicyclic) bond motifs is 1. The molecule has 6 heteroatoms. The molecule has 0 aliphatic carbocycles. The van der Waals surface area contributed by atoms with Gasteiger partial charge in [-0.1, -0.05) is 55.8 Å². The predicted molar refractivity (Wildman–Crippen MR) is 121 cm³/mol. The van der Waals surface area contributed by atoms with Crippen LogP contribution in [0.5, 0.6) is 0 Å². The van der Waals surface area contributed by atoms with Gasteiger partial charge in [0.2, 0.25) is 5.78 Å². The van der Waals surface area contributed by atoms with Crippen molar-refractivity contribution in [3.05, 3.63) is 93.2 Å². The summed E-state index contributed by atoms with van der Waals surface area (Å²) in [5.41, 5.74) is 4.93. The number of aryl methyl sites for hydroxylation is 2. The van der Waals surface area contributed by atoms with Crippen LogP contribution >= 0.6 is 0 Å². The molecule has 0 atom stereocenters. The molecule has 0 amide bonds. The van der Waals surface area contributed by atoms with Crippen molar-refractivity contribution in [1.82, 2.24) is 14.4 Å². The second-order valence-corrected chi connectivity index (χ2v) is 7.77. The molecule has 2 aromatic heterocycles. The molecule has 2 N–H and O–H groups in total. The minimum absolute atomic E-state index is 0.173. The Morgan fingerprint density at radius 2 is 1.94 bits per heavy atom. The smallest absolute Gasteiger partial charge is 0.336 e. The molecule has 4 rings (SSSR count). The third-order valence-electron chi connectivity index (χ3n) is 5.60. The van der Waals surface area contributed by atoms with Gasteiger partial charge < -0.3 is 5.11 Å². The van der Waals surface area contributed by atoms with Gasteiger partial charge in [-0.2, -0.15) is 0 Å². The van der Waals surface area contributed by atoms with Crippen molar-refractivity contribution in [2.24, 2.45) is 0 Å². The molecule has 0 aliphatic heterocycles. The van der Waals surface area contributed by atoms with E-state index in [1.165, 1.54) is 0 Å². The highest BCUT2D eigenvalue weighted by Crippen LogP contribution is 2.26. The van der Waals surface area contributed by atoms with Crippen LogP contribution in [0.15, 0.2) is 59.5 Å². The third kappa shape index (κ3) is 4.01. The van der Waals surface area contributed by atoms with E-state index in [9.17, 15) is 14.7 Å². The summed E-state index contributed by atoms with van der Waals surface area (Å²) in [4.78, 5) is 32.1. The first kappa shape index (κ1) is 20.6. The van der Waals surface area contributed by atoms with Crippen molar-refractivity contribution in [2.45, 2.75) is 39.5 Å². The molecular formula is C25H25N3O3. The van der Waals surface area contributed by atoms with Crippen LogP contribution in [0.25, 0.3) is 16.9 Å². The summed E-state index contributed by atoms with van der Waals surface area (Å²) in [5.74, 6) is -0.440. The quantitative estimate of drug-likeness (QED) is 0.461. The number of imidazole rings is 1. The molecule has 2 heterocycles. The van der Waals surface area contributed by atoms with Crippen LogP contribution in [0.3, 0.4) is 0 Å². The maximum Gasteiger partial charge on any atom is 0.336 e. The minimum Gasteiger partial charge on any atom is -0.478 e. The van der Waals surface area contributed by atoms with Crippen molar-refractivity contribution in [3.8, 4) is 11.1 Å². The van der Waals surface area contributed by atoms with Crippen LogP contribution in [-0.4, -0.2) is 25.4 Å². The number of H-pyrrole nitrogens is 1. The van der Waals surface area contributed by atoms with Gasteiger partial charge in [0.25, 0.3) is 5.56 Å². The summed E-state index contributed by atoms with van der Waals surface area (Å²) in [5, 5.41) is 9.81. The van der Waals surface area contributed by atoms with Crippen LogP contribution in [0.4, 0.5) is 0 Å². The Bertz CT molecular complexity index is 1300.